The molecule has 0 unspecified atom stereocenters. The fourth-order valence-electron chi connectivity index (χ4n) is 8.16. The lowest BCUT2D eigenvalue weighted by Gasteiger charge is -2.19. The highest BCUT2D eigenvalue weighted by atomic mass is 32.2. The van der Waals surface area contributed by atoms with Crippen molar-refractivity contribution >= 4 is 37.7 Å². The van der Waals surface area contributed by atoms with Gasteiger partial charge in [-0.25, -0.2) is 26.4 Å². The first kappa shape index (κ1) is 50.2. The average Bonchev–Trinajstić information content (AvgIpc) is 4.08. The zero-order valence-corrected chi connectivity index (χ0v) is 40.5. The molecule has 6 aromatic rings. The number of sulfone groups is 2. The first-order valence-corrected chi connectivity index (χ1v) is 25.6. The summed E-state index contributed by atoms with van der Waals surface area (Å²) in [4.78, 5) is 34.1. The van der Waals surface area contributed by atoms with Gasteiger partial charge in [-0.3, -0.25) is 0 Å². The topological polar surface area (TPSA) is 163 Å². The summed E-state index contributed by atoms with van der Waals surface area (Å²) in [5.41, 5.74) is 2.19. The second-order valence-electron chi connectivity index (χ2n) is 15.7. The molecule has 0 aliphatic rings. The molecule has 15 heteroatoms. The summed E-state index contributed by atoms with van der Waals surface area (Å²) < 4.78 is 85.8. The fraction of sp³-hybridized carbons (Fsp3) is 0.308. The fourth-order valence-corrected chi connectivity index (χ4v) is 11.4. The number of ether oxygens (including phenoxy) is 3. The predicted octanol–water partition coefficient (Wildman–Crippen LogP) is 9.80. The molecule has 0 spiro atoms. The van der Waals surface area contributed by atoms with E-state index < -0.39 is 43.1 Å². The number of aryl methyl sites for hydroxylation is 1. The van der Waals surface area contributed by atoms with Crippen molar-refractivity contribution in [3.05, 3.63) is 149 Å². The SMILES string of the molecule is CCN(CC)C/C=C\c1ccccc1S(=O)(=O)Cc1ccc(-c2ccoc2)c(OC)c1C(=O)OC(=O)c1c(CS(=O)(=O)c2ccccc2CCCN(CC)CC)ccc(-c2ccoc2)c1OC. The lowest BCUT2D eigenvalue weighted by Crippen LogP contribution is -2.24. The van der Waals surface area contributed by atoms with Crippen molar-refractivity contribution in [2.24, 2.45) is 0 Å². The zero-order chi connectivity index (χ0) is 48.1. The van der Waals surface area contributed by atoms with Crippen LogP contribution < -0.4 is 9.47 Å². The molecule has 0 aliphatic carbocycles. The molecule has 0 fully saturated rings. The third kappa shape index (κ3) is 11.8. The minimum absolute atomic E-state index is 0.00686. The molecule has 6 rings (SSSR count). The van der Waals surface area contributed by atoms with E-state index in [9.17, 15) is 26.4 Å². The Kier molecular flexibility index (Phi) is 17.2. The molecule has 67 heavy (non-hydrogen) atoms. The van der Waals surface area contributed by atoms with Crippen LogP contribution >= 0.6 is 0 Å². The molecule has 0 radical (unpaired) electrons. The number of furan rings is 2. The van der Waals surface area contributed by atoms with Crippen molar-refractivity contribution in [1.29, 1.82) is 0 Å². The van der Waals surface area contributed by atoms with E-state index >= 15 is 0 Å². The van der Waals surface area contributed by atoms with Crippen molar-refractivity contribution in [3.63, 3.8) is 0 Å². The van der Waals surface area contributed by atoms with E-state index in [4.69, 9.17) is 23.0 Å². The van der Waals surface area contributed by atoms with Gasteiger partial charge in [0.2, 0.25) is 0 Å². The molecular weight excluding hydrogens is 893 g/mol. The summed E-state index contributed by atoms with van der Waals surface area (Å²) >= 11 is 0. The highest BCUT2D eigenvalue weighted by Gasteiger charge is 2.33. The molecule has 4 aromatic carbocycles. The molecule has 354 valence electrons. The van der Waals surface area contributed by atoms with Crippen LogP contribution in [0.15, 0.2) is 135 Å². The summed E-state index contributed by atoms with van der Waals surface area (Å²) in [5, 5.41) is 0. The van der Waals surface area contributed by atoms with Gasteiger partial charge in [0.1, 0.15) is 22.6 Å². The summed E-state index contributed by atoms with van der Waals surface area (Å²) in [5.74, 6) is -3.94. The van der Waals surface area contributed by atoms with Crippen LogP contribution in [0.25, 0.3) is 28.3 Å². The van der Waals surface area contributed by atoms with E-state index in [1.165, 1.54) is 57.5 Å². The number of hydrogen-bond acceptors (Lipinski definition) is 13. The van der Waals surface area contributed by atoms with Crippen LogP contribution in [0.2, 0.25) is 0 Å². The number of carbonyl (C=O) groups excluding carboxylic acids is 2. The predicted molar refractivity (Wildman–Crippen MR) is 259 cm³/mol. The third-order valence-corrected chi connectivity index (χ3v) is 15.3. The second-order valence-corrected chi connectivity index (χ2v) is 19.7. The standard InChI is InChI=1S/C52H58N2O11S2/c1-7-53(8-2)29-15-19-37-17-11-13-21-45(37)66(57,58)35-41-23-25-43(39-27-31-63-33-39)49(61-5)47(41)51(55)65-52(56)48-42(24-26-44(50(48)62-6)40-28-32-64-34-40)36-67(59,60)46-22-14-12-18-38(46)20-16-30-54(9-3)10-4/h11-15,17-19,21-28,31-34H,7-10,16,20,29-30,35-36H2,1-6H3/b19-15-. The molecule has 0 N–H and O–H groups in total. The Morgan fingerprint density at radius 2 is 1.09 bits per heavy atom. The molecule has 0 saturated carbocycles. The molecule has 0 atom stereocenters. The number of benzene rings is 4. The van der Waals surface area contributed by atoms with Crippen LogP contribution in [0.3, 0.4) is 0 Å². The van der Waals surface area contributed by atoms with Gasteiger partial charge in [0, 0.05) is 28.8 Å². The van der Waals surface area contributed by atoms with Crippen LogP contribution in [0, 0.1) is 0 Å². The van der Waals surface area contributed by atoms with Crippen LogP contribution in [0.1, 0.15) is 77.1 Å². The van der Waals surface area contributed by atoms with Gasteiger partial charge in [0.05, 0.1) is 60.6 Å². The van der Waals surface area contributed by atoms with Crippen LogP contribution in [0.5, 0.6) is 11.5 Å². The maximum Gasteiger partial charge on any atom is 0.350 e. The lowest BCUT2D eigenvalue weighted by atomic mass is 9.98. The van der Waals surface area contributed by atoms with Crippen molar-refractivity contribution in [1.82, 2.24) is 9.80 Å². The Balaban J connectivity index is 1.42. The molecule has 2 aromatic heterocycles. The minimum Gasteiger partial charge on any atom is -0.495 e. The van der Waals surface area contributed by atoms with E-state index in [1.807, 2.05) is 19.9 Å². The zero-order valence-electron chi connectivity index (χ0n) is 38.8. The quantitative estimate of drug-likeness (QED) is 0.0441. The molecule has 0 aliphatic heterocycles. The summed E-state index contributed by atoms with van der Waals surface area (Å²) in [7, 11) is -5.67. The highest BCUT2D eigenvalue weighted by molar-refractivity contribution is 7.91. The van der Waals surface area contributed by atoms with Crippen molar-refractivity contribution in [2.75, 3.05) is 53.5 Å². The van der Waals surface area contributed by atoms with E-state index in [2.05, 4.69) is 23.6 Å². The molecule has 0 bridgehead atoms. The number of methoxy groups -OCH3 is 2. The number of likely N-dealkylation sites (N-methyl/N-ethyl adjacent to an activating group) is 1. The smallest absolute Gasteiger partial charge is 0.350 e. The maximum absolute atomic E-state index is 14.7. The van der Waals surface area contributed by atoms with Crippen LogP contribution in [-0.4, -0.2) is 92.1 Å². The minimum atomic E-state index is -4.18. The Morgan fingerprint density at radius 1 is 0.597 bits per heavy atom. The Labute approximate surface area is 393 Å². The van der Waals surface area contributed by atoms with Gasteiger partial charge in [-0.2, -0.15) is 0 Å². The molecule has 0 saturated heterocycles. The maximum atomic E-state index is 14.7. The summed E-state index contributed by atoms with van der Waals surface area (Å²) in [6.45, 7) is 13.1. The van der Waals surface area contributed by atoms with Crippen LogP contribution in [0.4, 0.5) is 0 Å². The molecular formula is C52H58N2O11S2. The van der Waals surface area contributed by atoms with Gasteiger partial charge >= 0.3 is 11.9 Å². The normalized spacial score (nSPS) is 12.0. The van der Waals surface area contributed by atoms with E-state index in [0.717, 1.165) is 39.1 Å². The number of hydrogen-bond donors (Lipinski definition) is 0. The monoisotopic (exact) mass is 950 g/mol. The van der Waals surface area contributed by atoms with Crippen LogP contribution in [-0.2, 0) is 42.3 Å². The molecule has 2 heterocycles. The highest BCUT2D eigenvalue weighted by Crippen LogP contribution is 2.40. The van der Waals surface area contributed by atoms with Gasteiger partial charge in [0.25, 0.3) is 0 Å². The Morgan fingerprint density at radius 3 is 1.58 bits per heavy atom. The van der Waals surface area contributed by atoms with E-state index in [1.54, 1.807) is 72.8 Å². The van der Waals surface area contributed by atoms with Crippen molar-refractivity contribution in [3.8, 4) is 33.8 Å². The lowest BCUT2D eigenvalue weighted by molar-refractivity contribution is 0.0392. The van der Waals surface area contributed by atoms with E-state index in [0.29, 0.717) is 46.3 Å². The number of nitrogens with zero attached hydrogens (tertiary/aromatic N) is 2. The molecule has 13 nitrogen and oxygen atoms in total. The second kappa shape index (κ2) is 23.0. The van der Waals surface area contributed by atoms with Crippen molar-refractivity contribution < 1.29 is 49.5 Å². The first-order chi connectivity index (χ1) is 32.3. The van der Waals surface area contributed by atoms with Gasteiger partial charge < -0.3 is 32.8 Å². The Hall–Kier alpha value is -6.26. The largest absolute Gasteiger partial charge is 0.495 e. The van der Waals surface area contributed by atoms with Gasteiger partial charge in [-0.1, -0.05) is 101 Å². The summed E-state index contributed by atoms with van der Waals surface area (Å²) in [6, 6.07) is 22.8. The number of carbonyl (C=O) groups is 2. The molecule has 0 amide bonds. The average molecular weight is 951 g/mol. The number of rotatable bonds is 23. The summed E-state index contributed by atoms with van der Waals surface area (Å²) in [6.07, 6.45) is 10.6. The number of esters is 2. The van der Waals surface area contributed by atoms with Gasteiger partial charge in [0.15, 0.2) is 19.7 Å². The van der Waals surface area contributed by atoms with Crippen molar-refractivity contribution in [2.45, 2.75) is 61.8 Å². The van der Waals surface area contributed by atoms with Gasteiger partial charge in [-0.15, -0.1) is 0 Å². The van der Waals surface area contributed by atoms with Gasteiger partial charge in [-0.05, 0) is 92.1 Å². The first-order valence-electron chi connectivity index (χ1n) is 22.3. The third-order valence-electron chi connectivity index (χ3n) is 11.8. The van der Waals surface area contributed by atoms with E-state index in [-0.39, 0.29) is 43.5 Å². The Bertz CT molecular complexity index is 2880.